The van der Waals surface area contributed by atoms with E-state index >= 15 is 0 Å². The topological polar surface area (TPSA) is 50.7 Å². The van der Waals surface area contributed by atoms with E-state index < -0.39 is 5.60 Å². The van der Waals surface area contributed by atoms with E-state index in [0.717, 1.165) is 36.3 Å². The second kappa shape index (κ2) is 7.34. The SMILES string of the molecule is COc1cc(CNCC2(O)CCC2)ccc1OCc1cccs1. The zero-order chi connectivity index (χ0) is 16.1. The highest BCUT2D eigenvalue weighted by atomic mass is 32.1. The number of ether oxygens (including phenoxy) is 2. The first-order valence-electron chi connectivity index (χ1n) is 7.94. The van der Waals surface area contributed by atoms with Crippen LogP contribution in [0, 0.1) is 0 Å². The molecule has 1 aliphatic carbocycles. The Hall–Kier alpha value is -1.56. The monoisotopic (exact) mass is 333 g/mol. The average Bonchev–Trinajstić information content (AvgIpc) is 3.05. The number of hydrogen-bond donors (Lipinski definition) is 2. The smallest absolute Gasteiger partial charge is 0.161 e. The van der Waals surface area contributed by atoms with Crippen LogP contribution < -0.4 is 14.8 Å². The molecule has 0 unspecified atom stereocenters. The molecule has 4 nitrogen and oxygen atoms in total. The maximum Gasteiger partial charge on any atom is 0.161 e. The fourth-order valence-corrected chi connectivity index (χ4v) is 3.30. The summed E-state index contributed by atoms with van der Waals surface area (Å²) in [5.41, 5.74) is 0.627. The highest BCUT2D eigenvalue weighted by Gasteiger charge is 2.33. The second-order valence-corrected chi connectivity index (χ2v) is 7.07. The van der Waals surface area contributed by atoms with Gasteiger partial charge in [-0.25, -0.2) is 0 Å². The Kier molecular flexibility index (Phi) is 5.20. The molecule has 1 aromatic heterocycles. The summed E-state index contributed by atoms with van der Waals surface area (Å²) in [6.07, 6.45) is 2.93. The number of thiophene rings is 1. The maximum absolute atomic E-state index is 10.1. The van der Waals surface area contributed by atoms with E-state index in [1.165, 1.54) is 4.88 Å². The quantitative estimate of drug-likeness (QED) is 0.778. The van der Waals surface area contributed by atoms with Gasteiger partial charge in [-0.2, -0.15) is 0 Å². The van der Waals surface area contributed by atoms with E-state index in [9.17, 15) is 5.11 Å². The van der Waals surface area contributed by atoms with Crippen LogP contribution in [0.2, 0.25) is 0 Å². The molecular formula is C18H23NO3S. The Morgan fingerprint density at radius 3 is 2.78 bits per heavy atom. The summed E-state index contributed by atoms with van der Waals surface area (Å²) in [7, 11) is 1.65. The van der Waals surface area contributed by atoms with E-state index in [4.69, 9.17) is 9.47 Å². The molecule has 0 spiro atoms. The van der Waals surface area contributed by atoms with Crippen LogP contribution in [0.3, 0.4) is 0 Å². The molecule has 1 aromatic carbocycles. The summed E-state index contributed by atoms with van der Waals surface area (Å²) in [5.74, 6) is 1.49. The van der Waals surface area contributed by atoms with Crippen molar-refractivity contribution >= 4 is 11.3 Å². The van der Waals surface area contributed by atoms with Crippen molar-refractivity contribution in [3.63, 3.8) is 0 Å². The number of nitrogens with one attached hydrogen (secondary N) is 1. The molecule has 3 rings (SSSR count). The van der Waals surface area contributed by atoms with Crippen molar-refractivity contribution in [3.8, 4) is 11.5 Å². The highest BCUT2D eigenvalue weighted by Crippen LogP contribution is 2.31. The minimum absolute atomic E-state index is 0.492. The van der Waals surface area contributed by atoms with Crippen LogP contribution in [-0.2, 0) is 13.2 Å². The predicted octanol–water partition coefficient (Wildman–Crippen LogP) is 3.34. The van der Waals surface area contributed by atoms with Gasteiger partial charge in [-0.1, -0.05) is 12.1 Å². The van der Waals surface area contributed by atoms with E-state index in [1.807, 2.05) is 29.6 Å². The lowest BCUT2D eigenvalue weighted by Gasteiger charge is -2.36. The van der Waals surface area contributed by atoms with Gasteiger partial charge in [0.1, 0.15) is 6.61 Å². The molecular weight excluding hydrogens is 310 g/mol. The van der Waals surface area contributed by atoms with Crippen molar-refractivity contribution in [3.05, 3.63) is 46.2 Å². The number of aliphatic hydroxyl groups is 1. The molecule has 1 heterocycles. The van der Waals surface area contributed by atoms with Gasteiger partial charge >= 0.3 is 0 Å². The van der Waals surface area contributed by atoms with Crippen molar-refractivity contribution in [2.75, 3.05) is 13.7 Å². The molecule has 124 valence electrons. The molecule has 1 aliphatic rings. The Balaban J connectivity index is 1.55. The van der Waals surface area contributed by atoms with Crippen LogP contribution in [0.4, 0.5) is 0 Å². The molecule has 1 fully saturated rings. The van der Waals surface area contributed by atoms with Crippen molar-refractivity contribution in [2.24, 2.45) is 0 Å². The maximum atomic E-state index is 10.1. The lowest BCUT2D eigenvalue weighted by Crippen LogP contribution is -2.45. The fraction of sp³-hybridized carbons (Fsp3) is 0.444. The van der Waals surface area contributed by atoms with Crippen LogP contribution >= 0.6 is 11.3 Å². The molecule has 0 amide bonds. The first-order chi connectivity index (χ1) is 11.2. The van der Waals surface area contributed by atoms with E-state index in [0.29, 0.717) is 19.7 Å². The number of benzene rings is 1. The van der Waals surface area contributed by atoms with E-state index in [2.05, 4.69) is 11.4 Å². The van der Waals surface area contributed by atoms with Gasteiger partial charge in [-0.3, -0.25) is 0 Å². The van der Waals surface area contributed by atoms with E-state index in [1.54, 1.807) is 18.4 Å². The molecule has 0 atom stereocenters. The Labute approximate surface area is 141 Å². The lowest BCUT2D eigenvalue weighted by atomic mass is 9.80. The van der Waals surface area contributed by atoms with E-state index in [-0.39, 0.29) is 0 Å². The standard InChI is InChI=1S/C18H23NO3S/c1-21-17-10-14(11-19-13-18(20)7-3-8-18)5-6-16(17)22-12-15-4-2-9-23-15/h2,4-6,9-10,19-20H,3,7-8,11-13H2,1H3. The van der Waals surface area contributed by atoms with Crippen molar-refractivity contribution in [2.45, 2.75) is 38.0 Å². The lowest BCUT2D eigenvalue weighted by molar-refractivity contribution is -0.0314. The summed E-state index contributed by atoms with van der Waals surface area (Å²) in [6.45, 7) is 1.91. The number of hydrogen-bond acceptors (Lipinski definition) is 5. The van der Waals surface area contributed by atoms with Crippen molar-refractivity contribution in [1.29, 1.82) is 0 Å². The van der Waals surface area contributed by atoms with Gasteiger partial charge in [0.25, 0.3) is 0 Å². The first-order valence-corrected chi connectivity index (χ1v) is 8.82. The second-order valence-electron chi connectivity index (χ2n) is 6.03. The molecule has 1 saturated carbocycles. The van der Waals surface area contributed by atoms with Gasteiger partial charge in [0.05, 0.1) is 12.7 Å². The summed E-state index contributed by atoms with van der Waals surface area (Å²) >= 11 is 1.68. The Morgan fingerprint density at radius 1 is 1.26 bits per heavy atom. The van der Waals surface area contributed by atoms with Crippen LogP contribution in [0.15, 0.2) is 35.7 Å². The molecule has 0 saturated heterocycles. The van der Waals surface area contributed by atoms with Crippen LogP contribution in [0.5, 0.6) is 11.5 Å². The third kappa shape index (κ3) is 4.25. The zero-order valence-electron chi connectivity index (χ0n) is 13.4. The van der Waals surface area contributed by atoms with Crippen molar-refractivity contribution < 1.29 is 14.6 Å². The zero-order valence-corrected chi connectivity index (χ0v) is 14.2. The minimum Gasteiger partial charge on any atom is -0.493 e. The predicted molar refractivity (Wildman–Crippen MR) is 92.2 cm³/mol. The summed E-state index contributed by atoms with van der Waals surface area (Å²) in [5, 5.41) is 15.5. The van der Waals surface area contributed by atoms with Crippen LogP contribution in [0.25, 0.3) is 0 Å². The molecule has 2 N–H and O–H groups in total. The van der Waals surface area contributed by atoms with Gasteiger partial charge in [0.15, 0.2) is 11.5 Å². The number of methoxy groups -OCH3 is 1. The largest absolute Gasteiger partial charge is 0.493 e. The van der Waals surface area contributed by atoms with Gasteiger partial charge < -0.3 is 19.9 Å². The summed E-state index contributed by atoms with van der Waals surface area (Å²) in [6, 6.07) is 10.0. The fourth-order valence-electron chi connectivity index (χ4n) is 2.69. The Morgan fingerprint density at radius 2 is 2.13 bits per heavy atom. The average molecular weight is 333 g/mol. The Bertz CT molecular complexity index is 623. The molecule has 5 heteroatoms. The highest BCUT2D eigenvalue weighted by molar-refractivity contribution is 7.09. The summed E-state index contributed by atoms with van der Waals surface area (Å²) in [4.78, 5) is 1.19. The van der Waals surface area contributed by atoms with Gasteiger partial charge in [0, 0.05) is 18.0 Å². The summed E-state index contributed by atoms with van der Waals surface area (Å²) < 4.78 is 11.3. The van der Waals surface area contributed by atoms with Crippen LogP contribution in [-0.4, -0.2) is 24.4 Å². The van der Waals surface area contributed by atoms with Crippen molar-refractivity contribution in [1.82, 2.24) is 5.32 Å². The molecule has 0 radical (unpaired) electrons. The molecule has 0 bridgehead atoms. The normalized spacial score (nSPS) is 15.9. The third-order valence-electron chi connectivity index (χ3n) is 4.25. The first kappa shape index (κ1) is 16.3. The molecule has 23 heavy (non-hydrogen) atoms. The van der Waals surface area contributed by atoms with Gasteiger partial charge in [0.2, 0.25) is 0 Å². The molecule has 2 aromatic rings. The third-order valence-corrected chi connectivity index (χ3v) is 5.10. The van der Waals surface area contributed by atoms with Crippen LogP contribution in [0.1, 0.15) is 29.7 Å². The minimum atomic E-state index is -0.492. The number of rotatable bonds is 8. The van der Waals surface area contributed by atoms with Gasteiger partial charge in [-0.15, -0.1) is 11.3 Å². The van der Waals surface area contributed by atoms with Gasteiger partial charge in [-0.05, 0) is 48.4 Å². The molecule has 0 aliphatic heterocycles.